The normalized spacial score (nSPS) is 12.9. The summed E-state index contributed by atoms with van der Waals surface area (Å²) in [6.45, 7) is 6.21. The van der Waals surface area contributed by atoms with Gasteiger partial charge in [-0.05, 0) is 23.5 Å². The second-order valence-electron chi connectivity index (χ2n) is 5.11. The Labute approximate surface area is 114 Å². The van der Waals surface area contributed by atoms with Gasteiger partial charge in [-0.15, -0.1) is 0 Å². The molecule has 0 aliphatic carbocycles. The summed E-state index contributed by atoms with van der Waals surface area (Å²) in [5.41, 5.74) is 6.21. The molecule has 1 unspecified atom stereocenters. The number of oxazole rings is 1. The Bertz CT molecular complexity index is 516. The number of hydrogen-bond acceptors (Lipinski definition) is 4. The van der Waals surface area contributed by atoms with Crippen molar-refractivity contribution in [3.8, 4) is 0 Å². The van der Waals surface area contributed by atoms with Crippen molar-refractivity contribution < 1.29 is 4.42 Å². The zero-order valence-corrected chi connectivity index (χ0v) is 11.7. The lowest BCUT2D eigenvalue weighted by Crippen LogP contribution is -2.29. The third-order valence-corrected chi connectivity index (χ3v) is 3.28. The Hall–Kier alpha value is -1.65. The first kappa shape index (κ1) is 13.8. The Balaban J connectivity index is 2.10. The van der Waals surface area contributed by atoms with E-state index in [0.29, 0.717) is 11.8 Å². The standard InChI is InChI=1S/C15H21N3O/c1-10(2)13-6-4-12(5-7-13)8-14(18-16)15-9-19-11(3)17-15/h4-7,9-10,14,18H,8,16H2,1-3H3. The lowest BCUT2D eigenvalue weighted by atomic mass is 9.98. The molecule has 0 bridgehead atoms. The minimum Gasteiger partial charge on any atom is -0.449 e. The van der Waals surface area contributed by atoms with Crippen LogP contribution < -0.4 is 11.3 Å². The molecule has 0 saturated heterocycles. The molecule has 0 amide bonds. The molecular formula is C15H21N3O. The van der Waals surface area contributed by atoms with Crippen LogP contribution in [0.2, 0.25) is 0 Å². The van der Waals surface area contributed by atoms with Gasteiger partial charge in [-0.2, -0.15) is 0 Å². The fraction of sp³-hybridized carbons (Fsp3) is 0.400. The molecule has 2 aromatic rings. The van der Waals surface area contributed by atoms with Gasteiger partial charge in [0.25, 0.3) is 0 Å². The zero-order chi connectivity index (χ0) is 13.8. The van der Waals surface area contributed by atoms with Gasteiger partial charge in [0.2, 0.25) is 0 Å². The van der Waals surface area contributed by atoms with E-state index in [1.54, 1.807) is 6.26 Å². The molecule has 0 aliphatic rings. The van der Waals surface area contributed by atoms with Crippen LogP contribution in [0.4, 0.5) is 0 Å². The van der Waals surface area contributed by atoms with E-state index < -0.39 is 0 Å². The van der Waals surface area contributed by atoms with Crippen molar-refractivity contribution >= 4 is 0 Å². The predicted octanol–water partition coefficient (Wildman–Crippen LogP) is 2.85. The number of nitrogens with one attached hydrogen (secondary N) is 1. The molecule has 1 aromatic heterocycles. The van der Waals surface area contributed by atoms with E-state index in [0.717, 1.165) is 12.1 Å². The van der Waals surface area contributed by atoms with Crippen LogP contribution in [0.1, 0.15) is 48.5 Å². The van der Waals surface area contributed by atoms with Crippen LogP contribution in [0.5, 0.6) is 0 Å². The number of aryl methyl sites for hydroxylation is 1. The van der Waals surface area contributed by atoms with Crippen molar-refractivity contribution in [2.24, 2.45) is 5.84 Å². The quantitative estimate of drug-likeness (QED) is 0.640. The molecule has 0 fully saturated rings. The van der Waals surface area contributed by atoms with Gasteiger partial charge >= 0.3 is 0 Å². The van der Waals surface area contributed by atoms with Gasteiger partial charge in [-0.1, -0.05) is 38.1 Å². The van der Waals surface area contributed by atoms with E-state index in [1.807, 2.05) is 6.92 Å². The molecule has 4 nitrogen and oxygen atoms in total. The average molecular weight is 259 g/mol. The summed E-state index contributed by atoms with van der Waals surface area (Å²) in [6, 6.07) is 8.60. The number of nitrogens with two attached hydrogens (primary N) is 1. The Morgan fingerprint density at radius 3 is 2.42 bits per heavy atom. The molecule has 2 rings (SSSR count). The number of nitrogens with zero attached hydrogens (tertiary/aromatic N) is 1. The lowest BCUT2D eigenvalue weighted by molar-refractivity contribution is 0.510. The molecule has 19 heavy (non-hydrogen) atoms. The van der Waals surface area contributed by atoms with Crippen LogP contribution in [0.15, 0.2) is 34.9 Å². The minimum atomic E-state index is -0.0256. The highest BCUT2D eigenvalue weighted by atomic mass is 16.3. The summed E-state index contributed by atoms with van der Waals surface area (Å²) in [6.07, 6.45) is 2.45. The summed E-state index contributed by atoms with van der Waals surface area (Å²) >= 11 is 0. The Morgan fingerprint density at radius 1 is 1.26 bits per heavy atom. The maximum atomic E-state index is 5.61. The van der Waals surface area contributed by atoms with Crippen molar-refractivity contribution in [3.63, 3.8) is 0 Å². The minimum absolute atomic E-state index is 0.0256. The van der Waals surface area contributed by atoms with Gasteiger partial charge < -0.3 is 4.42 Å². The molecule has 0 radical (unpaired) electrons. The van der Waals surface area contributed by atoms with E-state index in [2.05, 4.69) is 48.5 Å². The highest BCUT2D eigenvalue weighted by Gasteiger charge is 2.14. The fourth-order valence-electron chi connectivity index (χ4n) is 2.06. The monoisotopic (exact) mass is 259 g/mol. The maximum absolute atomic E-state index is 5.61. The summed E-state index contributed by atoms with van der Waals surface area (Å²) in [4.78, 5) is 4.31. The summed E-state index contributed by atoms with van der Waals surface area (Å²) < 4.78 is 5.23. The van der Waals surface area contributed by atoms with Gasteiger partial charge in [-0.25, -0.2) is 4.98 Å². The van der Waals surface area contributed by atoms with Crippen LogP contribution in [-0.2, 0) is 6.42 Å². The first-order valence-corrected chi connectivity index (χ1v) is 6.57. The molecule has 102 valence electrons. The van der Waals surface area contributed by atoms with Crippen molar-refractivity contribution in [3.05, 3.63) is 53.2 Å². The van der Waals surface area contributed by atoms with Crippen molar-refractivity contribution in [1.29, 1.82) is 0 Å². The molecule has 1 atom stereocenters. The number of benzene rings is 1. The van der Waals surface area contributed by atoms with E-state index in [4.69, 9.17) is 10.3 Å². The predicted molar refractivity (Wildman–Crippen MR) is 75.5 cm³/mol. The van der Waals surface area contributed by atoms with Gasteiger partial charge in [0, 0.05) is 6.92 Å². The van der Waals surface area contributed by atoms with Crippen LogP contribution in [0.3, 0.4) is 0 Å². The van der Waals surface area contributed by atoms with E-state index in [9.17, 15) is 0 Å². The van der Waals surface area contributed by atoms with E-state index in [-0.39, 0.29) is 6.04 Å². The van der Waals surface area contributed by atoms with Crippen LogP contribution in [0.25, 0.3) is 0 Å². The molecule has 1 heterocycles. The molecule has 0 spiro atoms. The van der Waals surface area contributed by atoms with Gasteiger partial charge in [0.1, 0.15) is 6.26 Å². The van der Waals surface area contributed by atoms with E-state index >= 15 is 0 Å². The zero-order valence-electron chi connectivity index (χ0n) is 11.7. The highest BCUT2D eigenvalue weighted by Crippen LogP contribution is 2.20. The smallest absolute Gasteiger partial charge is 0.191 e. The number of aromatic nitrogens is 1. The first-order chi connectivity index (χ1) is 9.10. The summed E-state index contributed by atoms with van der Waals surface area (Å²) in [7, 11) is 0. The topological polar surface area (TPSA) is 64.1 Å². The molecule has 4 heteroatoms. The Kier molecular flexibility index (Phi) is 4.35. The van der Waals surface area contributed by atoms with Crippen LogP contribution in [0, 0.1) is 6.92 Å². The van der Waals surface area contributed by atoms with Crippen molar-refractivity contribution in [1.82, 2.24) is 10.4 Å². The summed E-state index contributed by atoms with van der Waals surface area (Å²) in [5, 5.41) is 0. The third kappa shape index (κ3) is 3.43. The van der Waals surface area contributed by atoms with Crippen LogP contribution >= 0.6 is 0 Å². The maximum Gasteiger partial charge on any atom is 0.191 e. The highest BCUT2D eigenvalue weighted by molar-refractivity contribution is 5.26. The van der Waals surface area contributed by atoms with Gasteiger partial charge in [0.15, 0.2) is 5.89 Å². The average Bonchev–Trinajstić information content (AvgIpc) is 2.83. The van der Waals surface area contributed by atoms with E-state index in [1.165, 1.54) is 11.1 Å². The second-order valence-corrected chi connectivity index (χ2v) is 5.11. The lowest BCUT2D eigenvalue weighted by Gasteiger charge is -2.13. The number of rotatable bonds is 5. The SMILES string of the molecule is Cc1nc(C(Cc2ccc(C(C)C)cc2)NN)co1. The van der Waals surface area contributed by atoms with Crippen molar-refractivity contribution in [2.75, 3.05) is 0 Å². The molecule has 3 N–H and O–H groups in total. The molecule has 1 aromatic carbocycles. The van der Waals surface area contributed by atoms with Gasteiger partial charge in [0.05, 0.1) is 11.7 Å². The van der Waals surface area contributed by atoms with Crippen LogP contribution in [-0.4, -0.2) is 4.98 Å². The molecule has 0 saturated carbocycles. The molecular weight excluding hydrogens is 238 g/mol. The van der Waals surface area contributed by atoms with Gasteiger partial charge in [-0.3, -0.25) is 11.3 Å². The third-order valence-electron chi connectivity index (χ3n) is 3.28. The second kappa shape index (κ2) is 5.99. The molecule has 0 aliphatic heterocycles. The number of hydrazine groups is 1. The van der Waals surface area contributed by atoms with Crippen molar-refractivity contribution in [2.45, 2.75) is 39.2 Å². The summed E-state index contributed by atoms with van der Waals surface area (Å²) in [5.74, 6) is 6.82. The first-order valence-electron chi connectivity index (χ1n) is 6.57. The largest absolute Gasteiger partial charge is 0.449 e. The number of hydrogen-bond donors (Lipinski definition) is 2. The Morgan fingerprint density at radius 2 is 1.95 bits per heavy atom. The fourth-order valence-corrected chi connectivity index (χ4v) is 2.06.